The lowest BCUT2D eigenvalue weighted by atomic mass is 10.1. The molecule has 0 spiro atoms. The Morgan fingerprint density at radius 3 is 2.58 bits per heavy atom. The Morgan fingerprint density at radius 1 is 1.12 bits per heavy atom. The highest BCUT2D eigenvalue weighted by Crippen LogP contribution is 2.13. The summed E-state index contributed by atoms with van der Waals surface area (Å²) in [6.07, 6.45) is 6.27. The predicted octanol–water partition coefficient (Wildman–Crippen LogP) is 2.68. The number of nitrogens with zero attached hydrogens (tertiary/aromatic N) is 1. The van der Waals surface area contributed by atoms with E-state index >= 15 is 0 Å². The van der Waals surface area contributed by atoms with Crippen LogP contribution >= 0.6 is 0 Å². The minimum atomic E-state index is -0.769. The lowest BCUT2D eigenvalue weighted by molar-refractivity contribution is -0.130. The highest BCUT2D eigenvalue weighted by molar-refractivity contribution is 6.28. The van der Waals surface area contributed by atoms with Crippen molar-refractivity contribution >= 4 is 23.9 Å². The fourth-order valence-electron chi connectivity index (χ4n) is 2.43. The minimum Gasteiger partial charge on any atom is -0.465 e. The average molecular weight is 354 g/mol. The van der Waals surface area contributed by atoms with E-state index < -0.39 is 17.8 Å². The summed E-state index contributed by atoms with van der Waals surface area (Å²) in [4.78, 5) is 37.3. The Morgan fingerprint density at radius 2 is 1.88 bits per heavy atom. The summed E-state index contributed by atoms with van der Waals surface area (Å²) in [5.74, 6) is -1.22. The molecule has 3 rings (SSSR count). The van der Waals surface area contributed by atoms with Crippen LogP contribution in [0.25, 0.3) is 6.08 Å². The van der Waals surface area contributed by atoms with E-state index in [0.29, 0.717) is 12.2 Å². The number of carbonyl (C=O) groups is 3. The molecule has 0 saturated carbocycles. The molecular formula is C19H15FN2O4. The Labute approximate surface area is 148 Å². The van der Waals surface area contributed by atoms with Gasteiger partial charge in [-0.15, -0.1) is 0 Å². The van der Waals surface area contributed by atoms with Gasteiger partial charge in [0.1, 0.15) is 17.2 Å². The first-order valence-corrected chi connectivity index (χ1v) is 7.88. The van der Waals surface area contributed by atoms with Crippen LogP contribution in [0.5, 0.6) is 0 Å². The van der Waals surface area contributed by atoms with Crippen LogP contribution in [0, 0.1) is 5.82 Å². The van der Waals surface area contributed by atoms with Crippen LogP contribution in [-0.4, -0.2) is 29.3 Å². The van der Waals surface area contributed by atoms with Crippen molar-refractivity contribution in [2.45, 2.75) is 6.42 Å². The number of barbiturate groups is 1. The van der Waals surface area contributed by atoms with Crippen molar-refractivity contribution in [2.75, 3.05) is 6.54 Å². The van der Waals surface area contributed by atoms with E-state index in [0.717, 1.165) is 10.5 Å². The van der Waals surface area contributed by atoms with E-state index in [4.69, 9.17) is 4.42 Å². The molecule has 6 nitrogen and oxygen atoms in total. The van der Waals surface area contributed by atoms with Gasteiger partial charge in [0.15, 0.2) is 0 Å². The van der Waals surface area contributed by atoms with Gasteiger partial charge in [0.2, 0.25) is 0 Å². The number of urea groups is 1. The summed E-state index contributed by atoms with van der Waals surface area (Å²) in [6, 6.07) is 8.43. The van der Waals surface area contributed by atoms with Crippen molar-refractivity contribution in [1.29, 1.82) is 0 Å². The second-order valence-corrected chi connectivity index (χ2v) is 5.55. The lowest BCUT2D eigenvalue weighted by Gasteiger charge is -2.26. The molecule has 0 unspecified atom stereocenters. The molecule has 0 bridgehead atoms. The number of furan rings is 1. The third-order valence-corrected chi connectivity index (χ3v) is 3.79. The molecule has 0 atom stereocenters. The van der Waals surface area contributed by atoms with Crippen LogP contribution in [0.2, 0.25) is 0 Å². The van der Waals surface area contributed by atoms with E-state index in [1.54, 1.807) is 30.3 Å². The van der Waals surface area contributed by atoms with Crippen LogP contribution in [0.4, 0.5) is 9.18 Å². The zero-order valence-electron chi connectivity index (χ0n) is 13.6. The van der Waals surface area contributed by atoms with Crippen LogP contribution in [0.15, 0.2) is 64.8 Å². The maximum atomic E-state index is 12.9. The molecule has 7 heteroatoms. The SMILES string of the molecule is O=C1NC(=O)N(CCc2ccc(F)cc2)C(=O)/C1=C/C=C/c1ccco1. The molecule has 1 aliphatic heterocycles. The molecule has 1 N–H and O–H groups in total. The number of rotatable bonds is 5. The van der Waals surface area contributed by atoms with E-state index in [-0.39, 0.29) is 17.9 Å². The maximum absolute atomic E-state index is 12.9. The van der Waals surface area contributed by atoms with E-state index in [9.17, 15) is 18.8 Å². The molecule has 0 radical (unpaired) electrons. The number of nitrogens with one attached hydrogen (secondary N) is 1. The first-order valence-electron chi connectivity index (χ1n) is 7.88. The molecule has 1 aromatic carbocycles. The molecule has 1 aromatic heterocycles. The molecule has 132 valence electrons. The largest absolute Gasteiger partial charge is 0.465 e. The summed E-state index contributed by atoms with van der Waals surface area (Å²) in [5, 5.41) is 2.14. The van der Waals surface area contributed by atoms with E-state index in [1.165, 1.54) is 30.5 Å². The minimum absolute atomic E-state index is 0.0722. The molecule has 1 fully saturated rings. The van der Waals surface area contributed by atoms with Gasteiger partial charge in [-0.05, 0) is 48.4 Å². The number of benzene rings is 1. The Kier molecular flexibility index (Phi) is 5.07. The third kappa shape index (κ3) is 3.94. The molecular weight excluding hydrogens is 339 g/mol. The summed E-state index contributed by atoms with van der Waals surface area (Å²) in [6.45, 7) is 0.0722. The second kappa shape index (κ2) is 7.60. The quantitative estimate of drug-likeness (QED) is 0.661. The zero-order valence-corrected chi connectivity index (χ0v) is 13.6. The van der Waals surface area contributed by atoms with Gasteiger partial charge >= 0.3 is 6.03 Å². The number of imide groups is 2. The van der Waals surface area contributed by atoms with Gasteiger partial charge < -0.3 is 4.42 Å². The monoisotopic (exact) mass is 354 g/mol. The van der Waals surface area contributed by atoms with Crippen LogP contribution in [-0.2, 0) is 16.0 Å². The van der Waals surface area contributed by atoms with Crippen molar-refractivity contribution in [2.24, 2.45) is 0 Å². The number of amides is 4. The maximum Gasteiger partial charge on any atom is 0.331 e. The number of allylic oxidation sites excluding steroid dienone is 2. The smallest absolute Gasteiger partial charge is 0.331 e. The Hall–Kier alpha value is -3.48. The normalized spacial score (nSPS) is 16.6. The average Bonchev–Trinajstić information content (AvgIpc) is 3.12. The van der Waals surface area contributed by atoms with Gasteiger partial charge in [0.05, 0.1) is 6.26 Å². The van der Waals surface area contributed by atoms with E-state index in [1.807, 2.05) is 0 Å². The zero-order chi connectivity index (χ0) is 18.5. The summed E-state index contributed by atoms with van der Waals surface area (Å²) < 4.78 is 18.1. The van der Waals surface area contributed by atoms with Gasteiger partial charge in [0, 0.05) is 6.54 Å². The Bertz CT molecular complexity index is 883. The summed E-state index contributed by atoms with van der Waals surface area (Å²) in [5.41, 5.74) is 0.624. The highest BCUT2D eigenvalue weighted by atomic mass is 19.1. The summed E-state index contributed by atoms with van der Waals surface area (Å²) in [7, 11) is 0. The highest BCUT2D eigenvalue weighted by Gasteiger charge is 2.34. The number of hydrogen-bond acceptors (Lipinski definition) is 4. The van der Waals surface area contributed by atoms with Crippen LogP contribution in [0.3, 0.4) is 0 Å². The lowest BCUT2D eigenvalue weighted by Crippen LogP contribution is -2.54. The first-order chi connectivity index (χ1) is 12.5. The predicted molar refractivity (Wildman–Crippen MR) is 91.2 cm³/mol. The first kappa shape index (κ1) is 17.3. The van der Waals surface area contributed by atoms with Gasteiger partial charge in [-0.25, -0.2) is 9.18 Å². The van der Waals surface area contributed by atoms with Crippen LogP contribution in [0.1, 0.15) is 11.3 Å². The molecule has 2 heterocycles. The molecule has 2 aromatic rings. The molecule has 1 aliphatic rings. The van der Waals surface area contributed by atoms with Crippen molar-refractivity contribution in [3.05, 3.63) is 77.5 Å². The number of hydrogen-bond donors (Lipinski definition) is 1. The van der Waals surface area contributed by atoms with Crippen molar-refractivity contribution in [3.8, 4) is 0 Å². The number of carbonyl (C=O) groups excluding carboxylic acids is 3. The second-order valence-electron chi connectivity index (χ2n) is 5.55. The van der Waals surface area contributed by atoms with Gasteiger partial charge in [-0.2, -0.15) is 0 Å². The van der Waals surface area contributed by atoms with E-state index in [2.05, 4.69) is 5.32 Å². The molecule has 0 aliphatic carbocycles. The fourth-order valence-corrected chi connectivity index (χ4v) is 2.43. The third-order valence-electron chi connectivity index (χ3n) is 3.79. The molecule has 1 saturated heterocycles. The van der Waals surface area contributed by atoms with Crippen molar-refractivity contribution in [3.63, 3.8) is 0 Å². The Balaban J connectivity index is 1.71. The molecule has 4 amide bonds. The number of halogens is 1. The van der Waals surface area contributed by atoms with Crippen LogP contribution < -0.4 is 5.32 Å². The van der Waals surface area contributed by atoms with Crippen molar-refractivity contribution in [1.82, 2.24) is 10.2 Å². The molecule has 26 heavy (non-hydrogen) atoms. The van der Waals surface area contributed by atoms with Crippen molar-refractivity contribution < 1.29 is 23.2 Å². The van der Waals surface area contributed by atoms with Gasteiger partial charge in [-0.3, -0.25) is 19.8 Å². The summed E-state index contributed by atoms with van der Waals surface area (Å²) >= 11 is 0. The van der Waals surface area contributed by atoms with Gasteiger partial charge in [0.25, 0.3) is 11.8 Å². The standard InChI is InChI=1S/C19H15FN2O4/c20-14-8-6-13(7-9-14)10-11-22-18(24)16(17(23)21-19(22)25)5-1-3-15-4-2-12-26-15/h1-9,12H,10-11H2,(H,21,23,25)/b3-1+,16-5+. The topological polar surface area (TPSA) is 79.6 Å². The van der Waals surface area contributed by atoms with Gasteiger partial charge in [-0.1, -0.05) is 18.2 Å². The fraction of sp³-hybridized carbons (Fsp3) is 0.105.